The van der Waals surface area contributed by atoms with Crippen molar-refractivity contribution in [2.24, 2.45) is 0 Å². The zero-order valence-corrected chi connectivity index (χ0v) is 19.3. The molecule has 1 saturated carbocycles. The largest absolute Gasteiger partial charge is 0.461 e. The molecule has 1 amide bonds. The van der Waals surface area contributed by atoms with E-state index in [1.165, 1.54) is 4.68 Å². The van der Waals surface area contributed by atoms with E-state index in [0.717, 1.165) is 29.4 Å². The predicted molar refractivity (Wildman–Crippen MR) is 121 cm³/mol. The molecule has 0 N–H and O–H groups in total. The van der Waals surface area contributed by atoms with E-state index in [-0.39, 0.29) is 31.3 Å². The number of rotatable bonds is 6. The SMILES string of the molecule is CCOC(=O)c1nn(CCC(F)(F)F)c2c1CN(C(=O)c1cc(C3CC3)nc3ccccc13)CC2. The van der Waals surface area contributed by atoms with Crippen molar-refractivity contribution >= 4 is 22.8 Å². The minimum atomic E-state index is -4.35. The average molecular weight is 486 g/mol. The fraction of sp³-hybridized carbons (Fsp3) is 0.440. The molecule has 2 aliphatic rings. The van der Waals surface area contributed by atoms with Crippen LogP contribution >= 0.6 is 0 Å². The van der Waals surface area contributed by atoms with Crippen LogP contribution in [-0.4, -0.2) is 50.9 Å². The molecule has 1 aliphatic carbocycles. The fourth-order valence-corrected chi connectivity index (χ4v) is 4.58. The third kappa shape index (κ3) is 4.74. The maximum Gasteiger partial charge on any atom is 0.390 e. The highest BCUT2D eigenvalue weighted by Gasteiger charge is 2.34. The molecule has 3 heterocycles. The number of carbonyl (C=O) groups excluding carboxylic acids is 2. The van der Waals surface area contributed by atoms with Crippen molar-refractivity contribution in [2.45, 2.75) is 57.8 Å². The highest BCUT2D eigenvalue weighted by atomic mass is 19.4. The van der Waals surface area contributed by atoms with Gasteiger partial charge in [-0.2, -0.15) is 18.3 Å². The Morgan fingerprint density at radius 1 is 1.20 bits per heavy atom. The average Bonchev–Trinajstić information content (AvgIpc) is 3.62. The van der Waals surface area contributed by atoms with Crippen LogP contribution in [0.2, 0.25) is 0 Å². The highest BCUT2D eigenvalue weighted by Crippen LogP contribution is 2.40. The van der Waals surface area contributed by atoms with E-state index in [0.29, 0.717) is 35.7 Å². The minimum Gasteiger partial charge on any atom is -0.461 e. The second-order valence-electron chi connectivity index (χ2n) is 8.95. The summed E-state index contributed by atoms with van der Waals surface area (Å²) < 4.78 is 44.9. The summed E-state index contributed by atoms with van der Waals surface area (Å²) in [7, 11) is 0. The van der Waals surface area contributed by atoms with Crippen LogP contribution in [0.4, 0.5) is 13.2 Å². The van der Waals surface area contributed by atoms with Crippen LogP contribution in [0.25, 0.3) is 10.9 Å². The van der Waals surface area contributed by atoms with Crippen molar-refractivity contribution in [2.75, 3.05) is 13.2 Å². The molecule has 7 nitrogen and oxygen atoms in total. The molecule has 3 aromatic rings. The van der Waals surface area contributed by atoms with Crippen LogP contribution < -0.4 is 0 Å². The van der Waals surface area contributed by atoms with Crippen LogP contribution in [0.15, 0.2) is 30.3 Å². The van der Waals surface area contributed by atoms with Gasteiger partial charge in [0.05, 0.1) is 30.7 Å². The van der Waals surface area contributed by atoms with Gasteiger partial charge in [0.1, 0.15) is 0 Å². The zero-order chi connectivity index (χ0) is 24.7. The molecule has 0 radical (unpaired) electrons. The number of nitrogens with zero attached hydrogens (tertiary/aromatic N) is 4. The van der Waals surface area contributed by atoms with Gasteiger partial charge in [0.2, 0.25) is 0 Å². The standard InChI is InChI=1S/C25H25F3N4O3/c1-2-35-24(34)22-18-14-31(11-9-21(18)32(30-22)12-10-25(26,27)28)23(33)17-13-20(15-7-8-15)29-19-6-4-3-5-16(17)19/h3-6,13,15H,2,7-12,14H2,1H3. The number of carbonyl (C=O) groups is 2. The number of ether oxygens (including phenoxy) is 1. The van der Waals surface area contributed by atoms with E-state index >= 15 is 0 Å². The molecular weight excluding hydrogens is 461 g/mol. The number of amides is 1. The molecule has 1 aromatic carbocycles. The van der Waals surface area contributed by atoms with Crippen LogP contribution in [0.5, 0.6) is 0 Å². The molecule has 0 bridgehead atoms. The Kier molecular flexibility index (Phi) is 5.98. The van der Waals surface area contributed by atoms with E-state index in [1.807, 2.05) is 30.3 Å². The maximum atomic E-state index is 13.7. The number of esters is 1. The minimum absolute atomic E-state index is 0.0280. The maximum absolute atomic E-state index is 13.7. The Balaban J connectivity index is 1.48. The number of alkyl halides is 3. The summed E-state index contributed by atoms with van der Waals surface area (Å²) in [6, 6.07) is 9.34. The Hall–Kier alpha value is -3.43. The number of halogens is 3. The van der Waals surface area contributed by atoms with Gasteiger partial charge in [-0.25, -0.2) is 4.79 Å². The van der Waals surface area contributed by atoms with Crippen LogP contribution in [0, 0.1) is 0 Å². The van der Waals surface area contributed by atoms with E-state index in [9.17, 15) is 22.8 Å². The summed E-state index contributed by atoms with van der Waals surface area (Å²) in [5.41, 5.74) is 3.16. The lowest BCUT2D eigenvalue weighted by atomic mass is 10.0. The molecule has 0 spiro atoms. The molecule has 184 valence electrons. The quantitative estimate of drug-likeness (QED) is 0.475. The van der Waals surface area contributed by atoms with Gasteiger partial charge >= 0.3 is 12.1 Å². The van der Waals surface area contributed by atoms with Gasteiger partial charge in [-0.05, 0) is 31.9 Å². The normalized spacial score (nSPS) is 15.8. The number of hydrogen-bond donors (Lipinski definition) is 0. The number of pyridine rings is 1. The van der Waals surface area contributed by atoms with Crippen molar-refractivity contribution in [1.29, 1.82) is 0 Å². The van der Waals surface area contributed by atoms with Crippen LogP contribution in [0.1, 0.15) is 69.9 Å². The van der Waals surface area contributed by atoms with Gasteiger partial charge in [0, 0.05) is 47.8 Å². The number of aryl methyl sites for hydroxylation is 1. The van der Waals surface area contributed by atoms with Crippen LogP contribution in [-0.2, 0) is 24.2 Å². The molecular formula is C25H25F3N4O3. The van der Waals surface area contributed by atoms with Gasteiger partial charge in [-0.15, -0.1) is 0 Å². The lowest BCUT2D eigenvalue weighted by Gasteiger charge is -2.28. The number of hydrogen-bond acceptors (Lipinski definition) is 5. The van der Waals surface area contributed by atoms with Crippen LogP contribution in [0.3, 0.4) is 0 Å². The summed E-state index contributed by atoms with van der Waals surface area (Å²) in [5.74, 6) is -0.537. The second-order valence-corrected chi connectivity index (χ2v) is 8.95. The second kappa shape index (κ2) is 8.98. The van der Waals surface area contributed by atoms with Crippen molar-refractivity contribution in [3.63, 3.8) is 0 Å². The summed E-state index contributed by atoms with van der Waals surface area (Å²) in [4.78, 5) is 32.6. The monoisotopic (exact) mass is 486 g/mol. The topological polar surface area (TPSA) is 77.3 Å². The molecule has 1 fully saturated rings. The number of fused-ring (bicyclic) bond motifs is 2. The van der Waals surface area contributed by atoms with Gasteiger partial charge in [-0.3, -0.25) is 14.5 Å². The Morgan fingerprint density at radius 3 is 2.69 bits per heavy atom. The first-order valence-electron chi connectivity index (χ1n) is 11.8. The summed E-state index contributed by atoms with van der Waals surface area (Å²) in [5, 5.41) is 4.92. The van der Waals surface area contributed by atoms with E-state index < -0.39 is 18.6 Å². The molecule has 1 aliphatic heterocycles. The summed E-state index contributed by atoms with van der Waals surface area (Å²) >= 11 is 0. The lowest BCUT2D eigenvalue weighted by Crippen LogP contribution is -2.37. The van der Waals surface area contributed by atoms with Gasteiger partial charge < -0.3 is 9.64 Å². The number of para-hydroxylation sites is 1. The Morgan fingerprint density at radius 2 is 1.97 bits per heavy atom. The fourth-order valence-electron chi connectivity index (χ4n) is 4.58. The molecule has 0 saturated heterocycles. The Labute approximate surface area is 199 Å². The highest BCUT2D eigenvalue weighted by molar-refractivity contribution is 6.06. The first-order chi connectivity index (χ1) is 16.7. The first-order valence-corrected chi connectivity index (χ1v) is 11.8. The third-order valence-electron chi connectivity index (χ3n) is 6.46. The smallest absolute Gasteiger partial charge is 0.390 e. The van der Waals surface area contributed by atoms with E-state index in [1.54, 1.807) is 11.8 Å². The third-order valence-corrected chi connectivity index (χ3v) is 6.46. The molecule has 35 heavy (non-hydrogen) atoms. The Bertz CT molecular complexity index is 1300. The predicted octanol–water partition coefficient (Wildman–Crippen LogP) is 4.64. The number of benzene rings is 1. The first kappa shape index (κ1) is 23.3. The lowest BCUT2D eigenvalue weighted by molar-refractivity contribution is -0.137. The number of aromatic nitrogens is 3. The van der Waals surface area contributed by atoms with Crippen molar-refractivity contribution < 1.29 is 27.5 Å². The molecule has 5 rings (SSSR count). The van der Waals surface area contributed by atoms with Gasteiger partial charge in [0.15, 0.2) is 5.69 Å². The van der Waals surface area contributed by atoms with Crippen molar-refractivity contribution in [1.82, 2.24) is 19.7 Å². The van der Waals surface area contributed by atoms with E-state index in [4.69, 9.17) is 9.72 Å². The molecule has 10 heteroatoms. The zero-order valence-electron chi connectivity index (χ0n) is 19.3. The molecule has 0 unspecified atom stereocenters. The van der Waals surface area contributed by atoms with E-state index in [2.05, 4.69) is 5.10 Å². The molecule has 0 atom stereocenters. The van der Waals surface area contributed by atoms with Gasteiger partial charge in [-0.1, -0.05) is 18.2 Å². The molecule has 2 aromatic heterocycles. The summed E-state index contributed by atoms with van der Waals surface area (Å²) in [6.45, 7) is 1.75. The van der Waals surface area contributed by atoms with Crippen molar-refractivity contribution in [3.8, 4) is 0 Å². The van der Waals surface area contributed by atoms with Gasteiger partial charge in [0.25, 0.3) is 5.91 Å². The summed E-state index contributed by atoms with van der Waals surface area (Å²) in [6.07, 6.45) is -3.01. The van der Waals surface area contributed by atoms with Crippen molar-refractivity contribution in [3.05, 3.63) is 58.5 Å².